The Morgan fingerprint density at radius 3 is 1.73 bits per heavy atom. The molecule has 41 heavy (non-hydrogen) atoms. The van der Waals surface area contributed by atoms with Gasteiger partial charge < -0.3 is 42.1 Å². The Balaban J connectivity index is 2.23. The fraction of sp³-hybridized carbons (Fsp3) is 0.333. The Kier molecular flexibility index (Phi) is 12.2. The van der Waals surface area contributed by atoms with Crippen LogP contribution in [0.5, 0.6) is 5.75 Å². The van der Waals surface area contributed by atoms with Gasteiger partial charge in [0.1, 0.15) is 23.9 Å². The number of aliphatic carboxylic acids is 3. The molecular formula is C27H32N4O10. The first-order chi connectivity index (χ1) is 19.3. The number of aromatic hydroxyl groups is 1. The van der Waals surface area contributed by atoms with E-state index in [0.717, 1.165) is 0 Å². The van der Waals surface area contributed by atoms with E-state index in [1.807, 2.05) is 0 Å². The molecule has 0 fully saturated rings. The third kappa shape index (κ3) is 11.3. The summed E-state index contributed by atoms with van der Waals surface area (Å²) in [6, 6.07) is 8.17. The lowest BCUT2D eigenvalue weighted by Crippen LogP contribution is -2.58. The van der Waals surface area contributed by atoms with Crippen molar-refractivity contribution in [3.8, 4) is 5.75 Å². The van der Waals surface area contributed by atoms with Crippen molar-refractivity contribution in [2.75, 3.05) is 0 Å². The van der Waals surface area contributed by atoms with Crippen LogP contribution in [0.2, 0.25) is 0 Å². The smallest absolute Gasteiger partial charge is 0.326 e. The van der Waals surface area contributed by atoms with E-state index in [1.165, 1.54) is 24.3 Å². The fourth-order valence-corrected chi connectivity index (χ4v) is 3.74. The van der Waals surface area contributed by atoms with Crippen LogP contribution in [-0.2, 0) is 41.6 Å². The van der Waals surface area contributed by atoms with Crippen molar-refractivity contribution in [1.82, 2.24) is 16.0 Å². The molecule has 0 radical (unpaired) electrons. The van der Waals surface area contributed by atoms with Crippen molar-refractivity contribution in [2.24, 2.45) is 5.73 Å². The van der Waals surface area contributed by atoms with Crippen LogP contribution in [0.3, 0.4) is 0 Å². The quantitative estimate of drug-likeness (QED) is 0.126. The maximum absolute atomic E-state index is 13.2. The highest BCUT2D eigenvalue weighted by atomic mass is 16.4. The summed E-state index contributed by atoms with van der Waals surface area (Å²) < 4.78 is 0. The van der Waals surface area contributed by atoms with E-state index in [4.69, 9.17) is 10.8 Å². The zero-order valence-corrected chi connectivity index (χ0v) is 21.9. The number of phenolic OH excluding ortho intramolecular Hbond substituents is 1. The summed E-state index contributed by atoms with van der Waals surface area (Å²) in [6.45, 7) is 0. The Morgan fingerprint density at radius 1 is 0.659 bits per heavy atom. The molecule has 220 valence electrons. The minimum Gasteiger partial charge on any atom is -0.508 e. The molecule has 0 saturated heterocycles. The monoisotopic (exact) mass is 572 g/mol. The zero-order valence-electron chi connectivity index (χ0n) is 21.9. The summed E-state index contributed by atoms with van der Waals surface area (Å²) in [4.78, 5) is 72.9. The molecular weight excluding hydrogens is 540 g/mol. The van der Waals surface area contributed by atoms with Crippen molar-refractivity contribution in [2.45, 2.75) is 56.3 Å². The van der Waals surface area contributed by atoms with Crippen molar-refractivity contribution in [1.29, 1.82) is 0 Å². The number of carboxylic acid groups (broad SMARTS) is 3. The van der Waals surface area contributed by atoms with Gasteiger partial charge in [-0.05, 0) is 29.7 Å². The Morgan fingerprint density at radius 2 is 1.17 bits per heavy atom. The van der Waals surface area contributed by atoms with Crippen molar-refractivity contribution in [3.63, 3.8) is 0 Å². The number of benzene rings is 2. The number of nitrogens with two attached hydrogens (primary N) is 1. The predicted molar refractivity (Wildman–Crippen MR) is 142 cm³/mol. The minimum absolute atomic E-state index is 0.0591. The standard InChI is InChI=1S/C27H32N4O10/c28-18(10-11-22(33)34)24(37)29-19(12-16-6-8-17(32)9-7-16)25(38)30-20(14-23(35)36)26(39)31-21(27(40)41)13-15-4-2-1-3-5-15/h1-9,18-21,32H,10-14,28H2,(H,29,37)(H,30,38)(H,31,39)(H,33,34)(H,35,36)(H,40,41). The van der Waals surface area contributed by atoms with Gasteiger partial charge in [0, 0.05) is 19.3 Å². The number of nitrogens with one attached hydrogen (secondary N) is 3. The second-order valence-corrected chi connectivity index (χ2v) is 9.22. The van der Waals surface area contributed by atoms with Crippen molar-refractivity contribution < 1.29 is 49.2 Å². The lowest BCUT2D eigenvalue weighted by atomic mass is 10.0. The van der Waals surface area contributed by atoms with Crippen LogP contribution in [0, 0.1) is 0 Å². The molecule has 0 heterocycles. The van der Waals surface area contributed by atoms with Crippen molar-refractivity contribution in [3.05, 3.63) is 65.7 Å². The number of rotatable bonds is 16. The average Bonchev–Trinajstić information content (AvgIpc) is 2.91. The summed E-state index contributed by atoms with van der Waals surface area (Å²) in [5.41, 5.74) is 6.81. The number of hydrogen-bond donors (Lipinski definition) is 8. The minimum atomic E-state index is -1.71. The summed E-state index contributed by atoms with van der Waals surface area (Å²) >= 11 is 0. The Bertz CT molecular complexity index is 1240. The van der Waals surface area contributed by atoms with Crippen LogP contribution in [0.15, 0.2) is 54.6 Å². The van der Waals surface area contributed by atoms with E-state index in [9.17, 15) is 44.1 Å². The number of amides is 3. The van der Waals surface area contributed by atoms with Gasteiger partial charge >= 0.3 is 17.9 Å². The Labute approximate surface area is 234 Å². The lowest BCUT2D eigenvalue weighted by molar-refractivity contribution is -0.143. The molecule has 0 saturated carbocycles. The van der Waals surface area contributed by atoms with Crippen LogP contribution in [0.25, 0.3) is 0 Å². The molecule has 0 bridgehead atoms. The number of carbonyl (C=O) groups excluding carboxylic acids is 3. The van der Waals surface area contributed by atoms with E-state index >= 15 is 0 Å². The summed E-state index contributed by atoms with van der Waals surface area (Å²) in [7, 11) is 0. The highest BCUT2D eigenvalue weighted by Gasteiger charge is 2.32. The van der Waals surface area contributed by atoms with Gasteiger partial charge in [0.15, 0.2) is 0 Å². The number of phenols is 1. The first-order valence-corrected chi connectivity index (χ1v) is 12.5. The zero-order chi connectivity index (χ0) is 30.5. The van der Waals surface area contributed by atoms with Crippen molar-refractivity contribution >= 4 is 35.6 Å². The van der Waals surface area contributed by atoms with Gasteiger partial charge in [-0.15, -0.1) is 0 Å². The van der Waals surface area contributed by atoms with Crippen LogP contribution >= 0.6 is 0 Å². The van der Waals surface area contributed by atoms with E-state index in [-0.39, 0.29) is 25.0 Å². The molecule has 2 rings (SSSR count). The molecule has 0 aliphatic heterocycles. The SMILES string of the molecule is NC(CCC(=O)O)C(=O)NC(Cc1ccc(O)cc1)C(=O)NC(CC(=O)O)C(=O)NC(Cc1ccccc1)C(=O)O. The number of carbonyl (C=O) groups is 6. The molecule has 2 aromatic rings. The summed E-state index contributed by atoms with van der Waals surface area (Å²) in [5.74, 6) is -6.99. The first kappa shape index (κ1) is 32.2. The van der Waals surface area contributed by atoms with E-state index in [1.54, 1.807) is 30.3 Å². The second kappa shape index (κ2) is 15.6. The molecule has 4 atom stereocenters. The van der Waals surface area contributed by atoms with Crippen LogP contribution in [0.1, 0.15) is 30.4 Å². The van der Waals surface area contributed by atoms with Gasteiger partial charge in [0.25, 0.3) is 0 Å². The van der Waals surface area contributed by atoms with Crippen LogP contribution in [-0.4, -0.2) is 80.2 Å². The molecule has 0 aliphatic rings. The van der Waals surface area contributed by atoms with Gasteiger partial charge in [-0.2, -0.15) is 0 Å². The van der Waals surface area contributed by atoms with Gasteiger partial charge in [0.2, 0.25) is 17.7 Å². The van der Waals surface area contributed by atoms with E-state index < -0.39 is 72.6 Å². The Hall–Kier alpha value is -4.98. The van der Waals surface area contributed by atoms with Gasteiger partial charge in [-0.25, -0.2) is 4.79 Å². The predicted octanol–water partition coefficient (Wildman–Crippen LogP) is -0.617. The fourth-order valence-electron chi connectivity index (χ4n) is 3.74. The normalized spacial score (nSPS) is 13.6. The maximum atomic E-state index is 13.2. The third-order valence-electron chi connectivity index (χ3n) is 5.92. The maximum Gasteiger partial charge on any atom is 0.326 e. The third-order valence-corrected chi connectivity index (χ3v) is 5.92. The highest BCUT2D eigenvalue weighted by molar-refractivity contribution is 5.95. The molecule has 9 N–H and O–H groups in total. The largest absolute Gasteiger partial charge is 0.508 e. The van der Waals surface area contributed by atoms with E-state index in [0.29, 0.717) is 11.1 Å². The first-order valence-electron chi connectivity index (χ1n) is 12.5. The van der Waals surface area contributed by atoms with Crippen LogP contribution in [0.4, 0.5) is 0 Å². The highest BCUT2D eigenvalue weighted by Crippen LogP contribution is 2.12. The molecule has 14 heteroatoms. The number of hydrogen-bond acceptors (Lipinski definition) is 8. The summed E-state index contributed by atoms with van der Waals surface area (Å²) in [6.07, 6.45) is -1.80. The van der Waals surface area contributed by atoms with Gasteiger partial charge in [-0.1, -0.05) is 42.5 Å². The average molecular weight is 573 g/mol. The topological polar surface area (TPSA) is 245 Å². The lowest BCUT2D eigenvalue weighted by Gasteiger charge is -2.25. The molecule has 0 spiro atoms. The molecule has 0 aliphatic carbocycles. The molecule has 14 nitrogen and oxygen atoms in total. The molecule has 0 aromatic heterocycles. The van der Waals surface area contributed by atoms with Gasteiger partial charge in [0.05, 0.1) is 12.5 Å². The molecule has 4 unspecified atom stereocenters. The summed E-state index contributed by atoms with van der Waals surface area (Å²) in [5, 5.41) is 44.2. The van der Waals surface area contributed by atoms with Gasteiger partial charge in [-0.3, -0.25) is 24.0 Å². The molecule has 3 amide bonds. The second-order valence-electron chi connectivity index (χ2n) is 9.22. The molecule has 2 aromatic carbocycles. The number of carboxylic acids is 3. The van der Waals surface area contributed by atoms with E-state index in [2.05, 4.69) is 16.0 Å². The van der Waals surface area contributed by atoms with Crippen LogP contribution < -0.4 is 21.7 Å².